The monoisotopic (exact) mass is 430 g/mol. The van der Waals surface area contributed by atoms with Crippen LogP contribution in [0, 0.1) is 6.92 Å². The molecular formula is C20H22N4O3S2. The predicted octanol–water partition coefficient (Wildman–Crippen LogP) is 2.81. The lowest BCUT2D eigenvalue weighted by atomic mass is 10.2. The first-order valence-electron chi connectivity index (χ1n) is 9.62. The van der Waals surface area contributed by atoms with Crippen LogP contribution in [-0.2, 0) is 9.53 Å². The smallest absolute Gasteiger partial charge is 0.267 e. The molecular weight excluding hydrogens is 408 g/mol. The molecule has 2 aromatic rings. The zero-order chi connectivity index (χ0) is 20.5. The molecule has 29 heavy (non-hydrogen) atoms. The van der Waals surface area contributed by atoms with Gasteiger partial charge in [0, 0.05) is 25.9 Å². The molecule has 2 aliphatic rings. The number of carbonyl (C=O) groups excluding carboxylic acids is 1. The first-order chi connectivity index (χ1) is 14.0. The first-order valence-corrected chi connectivity index (χ1v) is 10.8. The van der Waals surface area contributed by atoms with E-state index in [4.69, 9.17) is 21.9 Å². The highest BCUT2D eigenvalue weighted by Gasteiger charge is 2.31. The zero-order valence-electron chi connectivity index (χ0n) is 16.3. The quantitative estimate of drug-likeness (QED) is 0.577. The molecule has 0 aliphatic carbocycles. The van der Waals surface area contributed by atoms with Gasteiger partial charge in [-0.25, -0.2) is 4.98 Å². The van der Waals surface area contributed by atoms with E-state index in [1.165, 1.54) is 21.1 Å². The number of thioether (sulfide) groups is 1. The molecule has 0 spiro atoms. The molecule has 7 nitrogen and oxygen atoms in total. The Morgan fingerprint density at radius 2 is 2.28 bits per heavy atom. The van der Waals surface area contributed by atoms with Gasteiger partial charge in [0.15, 0.2) is 0 Å². The normalized spacial score (nSPS) is 21.0. The molecule has 2 fully saturated rings. The van der Waals surface area contributed by atoms with Crippen molar-refractivity contribution in [2.24, 2.45) is 0 Å². The van der Waals surface area contributed by atoms with Crippen LogP contribution in [0.2, 0.25) is 0 Å². The lowest BCUT2D eigenvalue weighted by Gasteiger charge is -2.15. The second kappa shape index (κ2) is 8.25. The van der Waals surface area contributed by atoms with E-state index in [-0.39, 0.29) is 17.6 Å². The molecule has 1 N–H and O–H groups in total. The summed E-state index contributed by atoms with van der Waals surface area (Å²) in [6, 6.07) is 3.73. The Balaban J connectivity index is 1.80. The number of aromatic nitrogens is 2. The van der Waals surface area contributed by atoms with Crippen LogP contribution in [0.5, 0.6) is 0 Å². The molecule has 0 unspecified atom stereocenters. The fourth-order valence-electron chi connectivity index (χ4n) is 3.50. The minimum absolute atomic E-state index is 0.0956. The topological polar surface area (TPSA) is 75.9 Å². The number of aryl methyl sites for hydroxylation is 1. The van der Waals surface area contributed by atoms with Crippen molar-refractivity contribution in [1.29, 1.82) is 0 Å². The van der Waals surface area contributed by atoms with Gasteiger partial charge >= 0.3 is 0 Å². The van der Waals surface area contributed by atoms with Gasteiger partial charge in [-0.15, -0.1) is 0 Å². The van der Waals surface area contributed by atoms with Gasteiger partial charge in [-0.2, -0.15) is 0 Å². The van der Waals surface area contributed by atoms with Crippen LogP contribution in [0.1, 0.15) is 30.9 Å². The molecule has 0 radical (unpaired) electrons. The highest BCUT2D eigenvalue weighted by molar-refractivity contribution is 8.26. The molecule has 4 heterocycles. The summed E-state index contributed by atoms with van der Waals surface area (Å²) >= 11 is 6.50. The van der Waals surface area contributed by atoms with Crippen molar-refractivity contribution >= 4 is 51.7 Å². The van der Waals surface area contributed by atoms with Crippen LogP contribution >= 0.6 is 24.0 Å². The molecule has 152 valence electrons. The summed E-state index contributed by atoms with van der Waals surface area (Å²) in [5, 5.41) is 3.28. The van der Waals surface area contributed by atoms with E-state index in [0.717, 1.165) is 25.0 Å². The predicted molar refractivity (Wildman–Crippen MR) is 119 cm³/mol. The Morgan fingerprint density at radius 1 is 1.45 bits per heavy atom. The summed E-state index contributed by atoms with van der Waals surface area (Å²) in [7, 11) is 0. The lowest BCUT2D eigenvalue weighted by molar-refractivity contribution is -0.121. The fourth-order valence-corrected chi connectivity index (χ4v) is 4.86. The van der Waals surface area contributed by atoms with Crippen molar-refractivity contribution in [3.05, 3.63) is 44.7 Å². The Labute approximate surface area is 178 Å². The molecule has 2 aromatic heterocycles. The summed E-state index contributed by atoms with van der Waals surface area (Å²) in [6.45, 7) is 5.60. The van der Waals surface area contributed by atoms with Crippen LogP contribution in [0.3, 0.4) is 0 Å². The van der Waals surface area contributed by atoms with E-state index in [9.17, 15) is 9.59 Å². The summed E-state index contributed by atoms with van der Waals surface area (Å²) in [5.41, 5.74) is 1.61. The molecule has 1 amide bonds. The molecule has 9 heteroatoms. The molecule has 2 aliphatic heterocycles. The standard InChI is InChI=1S/C20H22N4O3S2/c1-3-23-19(26)15(29-20(23)28)10-14-16(21-11-13-7-5-9-27-13)22-17-12(2)6-4-8-24(17)18(14)25/h4,6,8,10,13,21H,3,5,7,9,11H2,1-2H3/b15-10+/t13-/m1/s1. The van der Waals surface area contributed by atoms with E-state index in [2.05, 4.69) is 5.32 Å². The third kappa shape index (κ3) is 3.82. The number of thiocarbonyl (C=S) groups is 1. The first kappa shape index (κ1) is 20.1. The van der Waals surface area contributed by atoms with Crippen LogP contribution in [0.4, 0.5) is 5.82 Å². The van der Waals surface area contributed by atoms with Gasteiger partial charge in [0.2, 0.25) is 0 Å². The van der Waals surface area contributed by atoms with E-state index in [1.54, 1.807) is 12.3 Å². The van der Waals surface area contributed by atoms with Crippen molar-refractivity contribution in [3.63, 3.8) is 0 Å². The van der Waals surface area contributed by atoms with Crippen molar-refractivity contribution in [3.8, 4) is 0 Å². The average Bonchev–Trinajstić information content (AvgIpc) is 3.31. The molecule has 0 bridgehead atoms. The van der Waals surface area contributed by atoms with Gasteiger partial charge in [0.1, 0.15) is 15.8 Å². The fraction of sp³-hybridized carbons (Fsp3) is 0.400. The number of pyridine rings is 1. The Kier molecular flexibility index (Phi) is 5.71. The van der Waals surface area contributed by atoms with Crippen molar-refractivity contribution < 1.29 is 9.53 Å². The Morgan fingerprint density at radius 3 is 2.97 bits per heavy atom. The Hall–Kier alpha value is -2.23. The summed E-state index contributed by atoms with van der Waals surface area (Å²) in [4.78, 5) is 32.6. The van der Waals surface area contributed by atoms with Crippen LogP contribution in [0.25, 0.3) is 11.7 Å². The van der Waals surface area contributed by atoms with E-state index in [0.29, 0.717) is 39.3 Å². The summed E-state index contributed by atoms with van der Waals surface area (Å²) in [6.07, 6.45) is 5.40. The van der Waals surface area contributed by atoms with Gasteiger partial charge in [0.05, 0.1) is 16.6 Å². The highest BCUT2D eigenvalue weighted by atomic mass is 32.2. The van der Waals surface area contributed by atoms with Gasteiger partial charge in [-0.3, -0.25) is 18.9 Å². The summed E-state index contributed by atoms with van der Waals surface area (Å²) in [5.74, 6) is 0.280. The largest absolute Gasteiger partial charge is 0.376 e. The molecule has 4 rings (SSSR count). The molecule has 2 saturated heterocycles. The number of fused-ring (bicyclic) bond motifs is 1. The minimum Gasteiger partial charge on any atom is -0.376 e. The maximum absolute atomic E-state index is 13.3. The van der Waals surface area contributed by atoms with E-state index in [1.807, 2.05) is 26.0 Å². The van der Waals surface area contributed by atoms with Gasteiger partial charge < -0.3 is 10.1 Å². The number of hydrogen-bond acceptors (Lipinski definition) is 7. The van der Waals surface area contributed by atoms with Crippen molar-refractivity contribution in [2.45, 2.75) is 32.8 Å². The number of carbonyl (C=O) groups is 1. The zero-order valence-corrected chi connectivity index (χ0v) is 17.9. The number of nitrogens with zero attached hydrogens (tertiary/aromatic N) is 3. The maximum atomic E-state index is 13.3. The van der Waals surface area contributed by atoms with E-state index < -0.39 is 0 Å². The molecule has 1 atom stereocenters. The van der Waals surface area contributed by atoms with Gasteiger partial charge in [-0.05, 0) is 44.4 Å². The number of nitrogens with one attached hydrogen (secondary N) is 1. The number of anilines is 1. The lowest BCUT2D eigenvalue weighted by Crippen LogP contribution is -2.27. The second-order valence-electron chi connectivity index (χ2n) is 7.01. The molecule has 0 aromatic carbocycles. The maximum Gasteiger partial charge on any atom is 0.267 e. The van der Waals surface area contributed by atoms with Crippen LogP contribution in [-0.4, -0.2) is 50.3 Å². The second-order valence-corrected chi connectivity index (χ2v) is 8.68. The van der Waals surface area contributed by atoms with Gasteiger partial charge in [0.25, 0.3) is 11.5 Å². The van der Waals surface area contributed by atoms with Crippen LogP contribution < -0.4 is 10.9 Å². The minimum atomic E-state index is -0.227. The third-order valence-corrected chi connectivity index (χ3v) is 6.45. The average molecular weight is 431 g/mol. The number of amides is 1. The van der Waals surface area contributed by atoms with Crippen molar-refractivity contribution in [2.75, 3.05) is 25.0 Å². The number of likely N-dealkylation sites (N-methyl/N-ethyl adjacent to an activating group) is 1. The van der Waals surface area contributed by atoms with E-state index >= 15 is 0 Å². The molecule has 0 saturated carbocycles. The Bertz CT molecular complexity index is 1070. The SMILES string of the molecule is CCN1C(=O)/C(=C\c2c(NC[C@H]3CCCO3)nc3c(C)cccn3c2=O)SC1=S. The van der Waals surface area contributed by atoms with Crippen molar-refractivity contribution in [1.82, 2.24) is 14.3 Å². The summed E-state index contributed by atoms with van der Waals surface area (Å²) < 4.78 is 7.69. The number of hydrogen-bond donors (Lipinski definition) is 1. The highest BCUT2D eigenvalue weighted by Crippen LogP contribution is 2.32. The van der Waals surface area contributed by atoms with Gasteiger partial charge in [-0.1, -0.05) is 30.0 Å². The third-order valence-electron chi connectivity index (χ3n) is 5.07. The number of rotatable bonds is 5. The number of ether oxygens (including phenoxy) is 1. The van der Waals surface area contributed by atoms with Crippen LogP contribution in [0.15, 0.2) is 28.0 Å².